The molecule has 0 spiro atoms. The molecule has 0 saturated heterocycles. The molecule has 1 heterocycles. The molecule has 0 N–H and O–H groups in total. The Morgan fingerprint density at radius 2 is 2.00 bits per heavy atom. The minimum atomic E-state index is -3.19. The molecule has 4 heteroatoms. The van der Waals surface area contributed by atoms with Crippen LogP contribution in [0.15, 0.2) is 35.3 Å². The number of fused-ring (bicyclic) bond motifs is 1. The van der Waals surface area contributed by atoms with Crippen molar-refractivity contribution in [3.63, 3.8) is 0 Å². The Balaban J connectivity index is 2.59. The van der Waals surface area contributed by atoms with E-state index in [0.717, 1.165) is 5.56 Å². The molecular weight excluding hydrogens is 210 g/mol. The maximum Gasteiger partial charge on any atom is 0.189 e. The number of hydrogen-bond acceptors (Lipinski definition) is 3. The fourth-order valence-electron chi connectivity index (χ4n) is 1.43. The normalized spacial score (nSPS) is 15.4. The second-order valence-electron chi connectivity index (χ2n) is 3.44. The Morgan fingerprint density at radius 1 is 1.27 bits per heavy atom. The van der Waals surface area contributed by atoms with E-state index in [2.05, 4.69) is 4.99 Å². The molecule has 0 atom stereocenters. The number of allylic oxidation sites excluding steroid dienone is 1. The van der Waals surface area contributed by atoms with Crippen LogP contribution in [0.3, 0.4) is 0 Å². The van der Waals surface area contributed by atoms with E-state index in [4.69, 9.17) is 0 Å². The minimum absolute atomic E-state index is 0.226. The van der Waals surface area contributed by atoms with Crippen LogP contribution >= 0.6 is 0 Å². The molecule has 0 bridgehead atoms. The van der Waals surface area contributed by atoms with Crippen LogP contribution in [0.1, 0.15) is 12.0 Å². The van der Waals surface area contributed by atoms with Gasteiger partial charge in [0.1, 0.15) is 5.04 Å². The Bertz CT molecular complexity index is 541. The number of benzene rings is 1. The first-order chi connectivity index (χ1) is 7.07. The van der Waals surface area contributed by atoms with E-state index in [1.165, 1.54) is 6.26 Å². The number of para-hydroxylation sites is 1. The van der Waals surface area contributed by atoms with Gasteiger partial charge in [0.2, 0.25) is 0 Å². The highest BCUT2D eigenvalue weighted by molar-refractivity contribution is 8.05. The number of aliphatic imine (C=N–C) groups is 1. The summed E-state index contributed by atoms with van der Waals surface area (Å²) < 4.78 is 22.8. The zero-order chi connectivity index (χ0) is 10.9. The lowest BCUT2D eigenvalue weighted by Gasteiger charge is -2.00. The van der Waals surface area contributed by atoms with Crippen molar-refractivity contribution in [1.82, 2.24) is 0 Å². The zero-order valence-electron chi connectivity index (χ0n) is 8.34. The molecular formula is C11H11NO2S. The largest absolute Gasteiger partial charge is 0.240 e. The Labute approximate surface area is 89.1 Å². The van der Waals surface area contributed by atoms with Crippen molar-refractivity contribution in [2.75, 3.05) is 6.26 Å². The molecule has 1 aromatic rings. The lowest BCUT2D eigenvalue weighted by atomic mass is 10.2. The van der Waals surface area contributed by atoms with E-state index < -0.39 is 9.84 Å². The monoisotopic (exact) mass is 221 g/mol. The summed E-state index contributed by atoms with van der Waals surface area (Å²) in [6, 6.07) is 7.49. The van der Waals surface area contributed by atoms with Crippen LogP contribution in [-0.4, -0.2) is 19.7 Å². The molecule has 0 saturated carbocycles. The molecule has 0 unspecified atom stereocenters. The Kier molecular flexibility index (Phi) is 2.44. The highest BCUT2D eigenvalue weighted by Crippen LogP contribution is 2.24. The van der Waals surface area contributed by atoms with Crippen LogP contribution in [-0.2, 0) is 9.84 Å². The van der Waals surface area contributed by atoms with Crippen molar-refractivity contribution in [3.8, 4) is 0 Å². The highest BCUT2D eigenvalue weighted by atomic mass is 32.2. The van der Waals surface area contributed by atoms with E-state index in [0.29, 0.717) is 12.1 Å². The van der Waals surface area contributed by atoms with Crippen LogP contribution < -0.4 is 0 Å². The van der Waals surface area contributed by atoms with Crippen molar-refractivity contribution < 1.29 is 8.42 Å². The van der Waals surface area contributed by atoms with Crippen LogP contribution in [0, 0.1) is 0 Å². The summed E-state index contributed by atoms with van der Waals surface area (Å²) >= 11 is 0. The molecule has 3 nitrogen and oxygen atoms in total. The average molecular weight is 221 g/mol. The van der Waals surface area contributed by atoms with E-state index in [9.17, 15) is 8.42 Å². The lowest BCUT2D eigenvalue weighted by Crippen LogP contribution is -2.11. The molecule has 1 aliphatic heterocycles. The molecule has 2 rings (SSSR count). The van der Waals surface area contributed by atoms with E-state index in [1.54, 1.807) is 0 Å². The van der Waals surface area contributed by atoms with Gasteiger partial charge in [-0.1, -0.05) is 30.4 Å². The molecule has 1 aliphatic rings. The van der Waals surface area contributed by atoms with Crippen LogP contribution in [0.5, 0.6) is 0 Å². The molecule has 15 heavy (non-hydrogen) atoms. The molecule has 0 radical (unpaired) electrons. The quantitative estimate of drug-likeness (QED) is 0.674. The fraction of sp³-hybridized carbons (Fsp3) is 0.182. The molecule has 0 amide bonds. The first-order valence-corrected chi connectivity index (χ1v) is 6.50. The van der Waals surface area contributed by atoms with Crippen molar-refractivity contribution >= 4 is 26.6 Å². The van der Waals surface area contributed by atoms with Gasteiger partial charge in [-0.05, 0) is 11.6 Å². The van der Waals surface area contributed by atoms with Gasteiger partial charge in [0, 0.05) is 12.7 Å². The summed E-state index contributed by atoms with van der Waals surface area (Å²) in [6.07, 6.45) is 5.28. The number of hydrogen-bond donors (Lipinski definition) is 0. The van der Waals surface area contributed by atoms with Gasteiger partial charge in [-0.3, -0.25) is 0 Å². The maximum atomic E-state index is 11.4. The summed E-state index contributed by atoms with van der Waals surface area (Å²) in [5, 5.41) is 0.226. The summed E-state index contributed by atoms with van der Waals surface area (Å²) in [5.74, 6) is 0. The van der Waals surface area contributed by atoms with E-state index >= 15 is 0 Å². The van der Waals surface area contributed by atoms with Gasteiger partial charge in [0.15, 0.2) is 9.84 Å². The standard InChI is InChI=1S/C11H11NO2S/c1-15(13,14)11-8-4-6-9-5-2-3-7-10(9)12-11/h2-7H,8H2,1H3. The van der Waals surface area contributed by atoms with Crippen molar-refractivity contribution in [3.05, 3.63) is 35.9 Å². The van der Waals surface area contributed by atoms with Crippen LogP contribution in [0.2, 0.25) is 0 Å². The Morgan fingerprint density at radius 3 is 2.73 bits per heavy atom. The second-order valence-corrected chi connectivity index (χ2v) is 5.46. The summed E-state index contributed by atoms with van der Waals surface area (Å²) in [5.41, 5.74) is 1.67. The van der Waals surface area contributed by atoms with Crippen LogP contribution in [0.25, 0.3) is 6.08 Å². The number of nitrogens with zero attached hydrogens (tertiary/aromatic N) is 1. The molecule has 78 valence electrons. The SMILES string of the molecule is CS(=O)(=O)C1=Nc2ccccc2C=CC1. The minimum Gasteiger partial charge on any atom is -0.240 e. The molecule has 0 fully saturated rings. The smallest absolute Gasteiger partial charge is 0.189 e. The van der Waals surface area contributed by atoms with E-state index in [-0.39, 0.29) is 5.04 Å². The fourth-order valence-corrected chi connectivity index (χ4v) is 2.09. The van der Waals surface area contributed by atoms with Gasteiger partial charge in [0.25, 0.3) is 0 Å². The lowest BCUT2D eigenvalue weighted by molar-refractivity contribution is 0.612. The van der Waals surface area contributed by atoms with Gasteiger partial charge in [-0.2, -0.15) is 0 Å². The third kappa shape index (κ3) is 2.15. The number of rotatable bonds is 0. The van der Waals surface area contributed by atoms with Crippen LogP contribution in [0.4, 0.5) is 5.69 Å². The first kappa shape index (κ1) is 10.1. The molecule has 0 aromatic heterocycles. The molecule has 1 aromatic carbocycles. The predicted octanol–water partition coefficient (Wildman–Crippen LogP) is 2.18. The van der Waals surface area contributed by atoms with Gasteiger partial charge >= 0.3 is 0 Å². The van der Waals surface area contributed by atoms with Gasteiger partial charge in [-0.25, -0.2) is 13.4 Å². The number of sulfone groups is 1. The third-order valence-corrected chi connectivity index (χ3v) is 3.31. The zero-order valence-corrected chi connectivity index (χ0v) is 9.16. The maximum absolute atomic E-state index is 11.4. The third-order valence-electron chi connectivity index (χ3n) is 2.20. The van der Waals surface area contributed by atoms with Crippen molar-refractivity contribution in [2.24, 2.45) is 4.99 Å². The highest BCUT2D eigenvalue weighted by Gasteiger charge is 2.14. The predicted molar refractivity (Wildman–Crippen MR) is 62.0 cm³/mol. The van der Waals surface area contributed by atoms with E-state index in [1.807, 2.05) is 36.4 Å². The van der Waals surface area contributed by atoms with Crippen molar-refractivity contribution in [1.29, 1.82) is 0 Å². The van der Waals surface area contributed by atoms with Gasteiger partial charge in [-0.15, -0.1) is 0 Å². The first-order valence-electron chi connectivity index (χ1n) is 4.60. The van der Waals surface area contributed by atoms with Gasteiger partial charge in [0.05, 0.1) is 5.69 Å². The molecule has 0 aliphatic carbocycles. The second kappa shape index (κ2) is 3.62. The Hall–Kier alpha value is -1.42. The average Bonchev–Trinajstić information content (AvgIpc) is 2.38. The summed E-state index contributed by atoms with van der Waals surface area (Å²) in [6.45, 7) is 0. The van der Waals surface area contributed by atoms with Crippen molar-refractivity contribution in [2.45, 2.75) is 6.42 Å². The summed E-state index contributed by atoms with van der Waals surface area (Å²) in [7, 11) is -3.19. The summed E-state index contributed by atoms with van der Waals surface area (Å²) in [4.78, 5) is 4.18. The topological polar surface area (TPSA) is 46.5 Å². The van der Waals surface area contributed by atoms with Gasteiger partial charge < -0.3 is 0 Å².